The number of H-pyrrole nitrogens is 1. The molecule has 1 aliphatic rings. The first-order chi connectivity index (χ1) is 12.6. The molecule has 3 rings (SSSR count). The molecule has 0 atom stereocenters. The van der Waals surface area contributed by atoms with Crippen molar-refractivity contribution in [3.8, 4) is 17.1 Å². The molecule has 9 nitrogen and oxygen atoms in total. The zero-order chi connectivity index (χ0) is 18.5. The molecule has 1 aromatic heterocycles. The van der Waals surface area contributed by atoms with Crippen molar-refractivity contribution in [2.75, 3.05) is 20.2 Å². The molecule has 0 unspecified atom stereocenters. The second-order valence-electron chi connectivity index (χ2n) is 6.09. The summed E-state index contributed by atoms with van der Waals surface area (Å²) < 4.78 is 5.12. The fourth-order valence-corrected chi connectivity index (χ4v) is 2.84. The maximum absolute atomic E-state index is 12.2. The van der Waals surface area contributed by atoms with E-state index in [1.165, 1.54) is 0 Å². The summed E-state index contributed by atoms with van der Waals surface area (Å²) in [7, 11) is 1.60. The normalized spacial score (nSPS) is 14.9. The van der Waals surface area contributed by atoms with Crippen LogP contribution in [0.4, 0.5) is 4.79 Å². The average Bonchev–Trinajstić information content (AvgIpc) is 3.15. The number of benzene rings is 1. The number of piperidine rings is 1. The lowest BCUT2D eigenvalue weighted by molar-refractivity contribution is -0.143. The molecule has 0 spiro atoms. The first-order valence-corrected chi connectivity index (χ1v) is 8.38. The van der Waals surface area contributed by atoms with E-state index >= 15 is 0 Å². The number of hydrogen-bond donors (Lipinski definition) is 3. The molecule has 0 radical (unpaired) electrons. The number of ether oxygens (including phenoxy) is 1. The number of likely N-dealkylation sites (tertiary alicyclic amines) is 1. The molecule has 2 heterocycles. The number of rotatable bonds is 5. The van der Waals surface area contributed by atoms with Crippen LogP contribution in [0.3, 0.4) is 0 Å². The third-order valence-electron chi connectivity index (χ3n) is 4.42. The standard InChI is InChI=1S/C17H21N5O4/c1-26-13-4-2-11(3-5-13)15-19-14(20-21-15)10-18-17(25)22-8-6-12(7-9-22)16(23)24/h2-5,12H,6-10H2,1H3,(H,18,25)(H,23,24)(H,19,20,21). The topological polar surface area (TPSA) is 120 Å². The summed E-state index contributed by atoms with van der Waals surface area (Å²) in [6.45, 7) is 1.10. The summed E-state index contributed by atoms with van der Waals surface area (Å²) in [6, 6.07) is 7.15. The quantitative estimate of drug-likeness (QED) is 0.744. The lowest BCUT2D eigenvalue weighted by Gasteiger charge is -2.30. The molecule has 0 saturated carbocycles. The van der Waals surface area contributed by atoms with Crippen LogP contribution in [0.1, 0.15) is 18.7 Å². The molecule has 9 heteroatoms. The largest absolute Gasteiger partial charge is 0.497 e. The molecule has 2 aromatic rings. The maximum Gasteiger partial charge on any atom is 0.317 e. The van der Waals surface area contributed by atoms with E-state index in [1.807, 2.05) is 24.3 Å². The Bertz CT molecular complexity index is 766. The van der Waals surface area contributed by atoms with Crippen molar-refractivity contribution in [2.24, 2.45) is 5.92 Å². The van der Waals surface area contributed by atoms with Crippen LogP contribution in [0.25, 0.3) is 11.4 Å². The van der Waals surface area contributed by atoms with Crippen LogP contribution >= 0.6 is 0 Å². The predicted molar refractivity (Wildman–Crippen MR) is 92.5 cm³/mol. The number of carboxylic acids is 1. The van der Waals surface area contributed by atoms with Gasteiger partial charge < -0.3 is 20.1 Å². The van der Waals surface area contributed by atoms with E-state index < -0.39 is 5.97 Å². The van der Waals surface area contributed by atoms with Crippen LogP contribution < -0.4 is 10.1 Å². The summed E-state index contributed by atoms with van der Waals surface area (Å²) in [5.41, 5.74) is 0.843. The summed E-state index contributed by atoms with van der Waals surface area (Å²) in [4.78, 5) is 29.1. The summed E-state index contributed by atoms with van der Waals surface area (Å²) in [6.07, 6.45) is 0.958. The van der Waals surface area contributed by atoms with Gasteiger partial charge in [0.05, 0.1) is 19.6 Å². The molecule has 1 aliphatic heterocycles. The van der Waals surface area contributed by atoms with Crippen LogP contribution in [0.5, 0.6) is 5.75 Å². The van der Waals surface area contributed by atoms with Gasteiger partial charge in [-0.1, -0.05) is 0 Å². The first kappa shape index (κ1) is 17.7. The summed E-state index contributed by atoms with van der Waals surface area (Å²) in [5, 5.41) is 18.7. The molecular weight excluding hydrogens is 338 g/mol. The van der Waals surface area contributed by atoms with Crippen molar-refractivity contribution >= 4 is 12.0 Å². The summed E-state index contributed by atoms with van der Waals surface area (Å²) >= 11 is 0. The van der Waals surface area contributed by atoms with Crippen molar-refractivity contribution in [1.82, 2.24) is 25.4 Å². The van der Waals surface area contributed by atoms with Gasteiger partial charge in [-0.2, -0.15) is 5.10 Å². The van der Waals surface area contributed by atoms with Crippen LogP contribution in [-0.2, 0) is 11.3 Å². The van der Waals surface area contributed by atoms with E-state index in [2.05, 4.69) is 20.5 Å². The van der Waals surface area contributed by atoms with Crippen LogP contribution in [0.2, 0.25) is 0 Å². The van der Waals surface area contributed by atoms with E-state index in [0.29, 0.717) is 37.6 Å². The van der Waals surface area contributed by atoms with Gasteiger partial charge in [0.25, 0.3) is 0 Å². The van der Waals surface area contributed by atoms with E-state index in [0.717, 1.165) is 11.3 Å². The molecule has 0 aliphatic carbocycles. The van der Waals surface area contributed by atoms with Crippen LogP contribution in [0.15, 0.2) is 24.3 Å². The monoisotopic (exact) mass is 359 g/mol. The Morgan fingerprint density at radius 1 is 1.31 bits per heavy atom. The van der Waals surface area contributed by atoms with E-state index in [4.69, 9.17) is 9.84 Å². The lowest BCUT2D eigenvalue weighted by atomic mass is 9.97. The molecule has 1 aromatic carbocycles. The highest BCUT2D eigenvalue weighted by molar-refractivity contribution is 5.75. The predicted octanol–water partition coefficient (Wildman–Crippen LogP) is 1.49. The van der Waals surface area contributed by atoms with Gasteiger partial charge in [-0.3, -0.25) is 9.89 Å². The van der Waals surface area contributed by atoms with Gasteiger partial charge in [0.1, 0.15) is 11.6 Å². The second-order valence-corrected chi connectivity index (χ2v) is 6.09. The highest BCUT2D eigenvalue weighted by atomic mass is 16.5. The molecule has 3 N–H and O–H groups in total. The minimum absolute atomic E-state index is 0.223. The van der Waals surface area contributed by atoms with Crippen molar-refractivity contribution in [3.63, 3.8) is 0 Å². The average molecular weight is 359 g/mol. The molecule has 138 valence electrons. The van der Waals surface area contributed by atoms with Gasteiger partial charge in [0.2, 0.25) is 0 Å². The Morgan fingerprint density at radius 3 is 2.62 bits per heavy atom. The molecule has 1 saturated heterocycles. The Morgan fingerprint density at radius 2 is 2.00 bits per heavy atom. The maximum atomic E-state index is 12.2. The molecule has 2 amide bonds. The number of carbonyl (C=O) groups excluding carboxylic acids is 1. The van der Waals surface area contributed by atoms with Crippen molar-refractivity contribution in [3.05, 3.63) is 30.1 Å². The number of nitrogens with one attached hydrogen (secondary N) is 2. The number of aromatic nitrogens is 3. The third-order valence-corrected chi connectivity index (χ3v) is 4.42. The number of carboxylic acid groups (broad SMARTS) is 1. The number of urea groups is 1. The first-order valence-electron chi connectivity index (χ1n) is 8.38. The smallest absolute Gasteiger partial charge is 0.317 e. The third kappa shape index (κ3) is 4.11. The van der Waals surface area contributed by atoms with Crippen molar-refractivity contribution in [1.29, 1.82) is 0 Å². The highest BCUT2D eigenvalue weighted by Gasteiger charge is 2.26. The Hall–Kier alpha value is -3.10. The van der Waals surface area contributed by atoms with Gasteiger partial charge in [0, 0.05) is 18.7 Å². The fourth-order valence-electron chi connectivity index (χ4n) is 2.84. The van der Waals surface area contributed by atoms with Gasteiger partial charge in [-0.15, -0.1) is 0 Å². The Balaban J connectivity index is 1.51. The number of nitrogens with zero attached hydrogens (tertiary/aromatic N) is 3. The number of carbonyl (C=O) groups is 2. The zero-order valence-electron chi connectivity index (χ0n) is 14.4. The van der Waals surface area contributed by atoms with Gasteiger partial charge >= 0.3 is 12.0 Å². The highest BCUT2D eigenvalue weighted by Crippen LogP contribution is 2.19. The van der Waals surface area contributed by atoms with Crippen LogP contribution in [0, 0.1) is 5.92 Å². The minimum atomic E-state index is -0.794. The van der Waals surface area contributed by atoms with Gasteiger partial charge in [0.15, 0.2) is 5.82 Å². The van der Waals surface area contributed by atoms with Crippen LogP contribution in [-0.4, -0.2) is 57.4 Å². The molecule has 1 fully saturated rings. The Kier molecular flexibility index (Phi) is 5.35. The number of aliphatic carboxylic acids is 1. The van der Waals surface area contributed by atoms with Gasteiger partial charge in [-0.05, 0) is 37.1 Å². The lowest BCUT2D eigenvalue weighted by Crippen LogP contribution is -2.45. The minimum Gasteiger partial charge on any atom is -0.497 e. The summed E-state index contributed by atoms with van der Waals surface area (Å²) in [5.74, 6) is 0.686. The van der Waals surface area contributed by atoms with Crippen molar-refractivity contribution < 1.29 is 19.4 Å². The number of hydrogen-bond acceptors (Lipinski definition) is 5. The number of amides is 2. The van der Waals surface area contributed by atoms with Crippen molar-refractivity contribution in [2.45, 2.75) is 19.4 Å². The molecule has 26 heavy (non-hydrogen) atoms. The molecular formula is C17H21N5O4. The molecule has 0 bridgehead atoms. The second kappa shape index (κ2) is 7.85. The SMILES string of the molecule is COc1ccc(-c2n[nH]c(CNC(=O)N3CCC(C(=O)O)CC3)n2)cc1. The zero-order valence-corrected chi connectivity index (χ0v) is 14.4. The fraction of sp³-hybridized carbons (Fsp3) is 0.412. The Labute approximate surface area is 150 Å². The number of methoxy groups -OCH3 is 1. The number of aromatic amines is 1. The van der Waals surface area contributed by atoms with E-state index in [-0.39, 0.29) is 18.5 Å². The van der Waals surface area contributed by atoms with E-state index in [9.17, 15) is 9.59 Å². The van der Waals surface area contributed by atoms with E-state index in [1.54, 1.807) is 12.0 Å². The van der Waals surface area contributed by atoms with Gasteiger partial charge in [-0.25, -0.2) is 9.78 Å².